The van der Waals surface area contributed by atoms with Crippen molar-refractivity contribution in [3.05, 3.63) is 0 Å². The summed E-state index contributed by atoms with van der Waals surface area (Å²) in [4.78, 5) is 10.9. The number of hydrogen-bond acceptors (Lipinski definition) is 3. The van der Waals surface area contributed by atoms with Crippen molar-refractivity contribution >= 4 is 5.97 Å². The van der Waals surface area contributed by atoms with Gasteiger partial charge in [0.2, 0.25) is 0 Å². The molecule has 3 nitrogen and oxygen atoms in total. The maximum atomic E-state index is 11.8. The Morgan fingerprint density at radius 1 is 1.73 bits per heavy atom. The normalized spacial score (nSPS) is 15.6. The van der Waals surface area contributed by atoms with Gasteiger partial charge < -0.3 is 10.5 Å². The number of esters is 1. The summed E-state index contributed by atoms with van der Waals surface area (Å²) >= 11 is 0. The van der Waals surface area contributed by atoms with Crippen LogP contribution in [0.25, 0.3) is 0 Å². The van der Waals surface area contributed by atoms with Crippen molar-refractivity contribution in [2.75, 3.05) is 13.3 Å². The third-order valence-corrected chi connectivity index (χ3v) is 1.36. The molecule has 0 radical (unpaired) electrons. The van der Waals surface area contributed by atoms with E-state index < -0.39 is 18.2 Å². The molecule has 0 spiro atoms. The van der Waals surface area contributed by atoms with Gasteiger partial charge in [-0.15, -0.1) is 0 Å². The van der Waals surface area contributed by atoms with E-state index >= 15 is 0 Å². The standard InChI is InChI=1S/C7H14FNO2/c1-3-11-6(10)7(2,9)4-5-8/h3-5,9H2,1-2H3. The SMILES string of the molecule is CCOC(=O)C(C)(N)CCF. The first-order chi connectivity index (χ1) is 5.04. The molecule has 66 valence electrons. The van der Waals surface area contributed by atoms with Gasteiger partial charge in [-0.2, -0.15) is 0 Å². The lowest BCUT2D eigenvalue weighted by atomic mass is 10.0. The highest BCUT2D eigenvalue weighted by atomic mass is 19.1. The van der Waals surface area contributed by atoms with Crippen molar-refractivity contribution < 1.29 is 13.9 Å². The number of nitrogens with two attached hydrogens (primary N) is 1. The van der Waals surface area contributed by atoms with E-state index in [2.05, 4.69) is 4.74 Å². The van der Waals surface area contributed by atoms with Gasteiger partial charge >= 0.3 is 5.97 Å². The molecule has 0 heterocycles. The van der Waals surface area contributed by atoms with Crippen LogP contribution in [0.4, 0.5) is 4.39 Å². The van der Waals surface area contributed by atoms with Gasteiger partial charge in [0.15, 0.2) is 0 Å². The Bertz CT molecular complexity index is 136. The third-order valence-electron chi connectivity index (χ3n) is 1.36. The number of hydrogen-bond donors (Lipinski definition) is 1. The van der Waals surface area contributed by atoms with Crippen LogP contribution in [-0.4, -0.2) is 24.8 Å². The Morgan fingerprint density at radius 2 is 2.27 bits per heavy atom. The lowest BCUT2D eigenvalue weighted by molar-refractivity contribution is -0.149. The highest BCUT2D eigenvalue weighted by Crippen LogP contribution is 2.07. The zero-order valence-corrected chi connectivity index (χ0v) is 6.89. The zero-order valence-electron chi connectivity index (χ0n) is 6.89. The largest absolute Gasteiger partial charge is 0.465 e. The van der Waals surface area contributed by atoms with Gasteiger partial charge in [-0.3, -0.25) is 9.18 Å². The molecule has 0 saturated carbocycles. The quantitative estimate of drug-likeness (QED) is 0.618. The van der Waals surface area contributed by atoms with E-state index in [1.54, 1.807) is 6.92 Å². The van der Waals surface area contributed by atoms with E-state index in [4.69, 9.17) is 5.73 Å². The molecule has 2 N–H and O–H groups in total. The van der Waals surface area contributed by atoms with Crippen molar-refractivity contribution in [1.82, 2.24) is 0 Å². The fourth-order valence-electron chi connectivity index (χ4n) is 0.594. The van der Waals surface area contributed by atoms with Crippen molar-refractivity contribution in [3.8, 4) is 0 Å². The molecule has 0 bridgehead atoms. The Balaban J connectivity index is 3.94. The van der Waals surface area contributed by atoms with Gasteiger partial charge in [-0.05, 0) is 13.8 Å². The number of alkyl halides is 1. The summed E-state index contributed by atoms with van der Waals surface area (Å²) in [6.07, 6.45) is 0.00579. The summed E-state index contributed by atoms with van der Waals surface area (Å²) in [7, 11) is 0. The smallest absolute Gasteiger partial charge is 0.325 e. The molecular weight excluding hydrogens is 149 g/mol. The monoisotopic (exact) mass is 163 g/mol. The summed E-state index contributed by atoms with van der Waals surface area (Å²) in [6.45, 7) is 2.82. The number of rotatable bonds is 4. The van der Waals surface area contributed by atoms with Gasteiger partial charge in [0, 0.05) is 6.42 Å². The molecular formula is C7H14FNO2. The fourth-order valence-corrected chi connectivity index (χ4v) is 0.594. The molecule has 0 aliphatic rings. The molecule has 4 heteroatoms. The van der Waals surface area contributed by atoms with Gasteiger partial charge in [-0.1, -0.05) is 0 Å². The molecule has 0 saturated heterocycles. The molecule has 0 amide bonds. The zero-order chi connectivity index (χ0) is 8.91. The predicted octanol–water partition coefficient (Wildman–Crippen LogP) is 0.626. The lowest BCUT2D eigenvalue weighted by Gasteiger charge is -2.19. The topological polar surface area (TPSA) is 52.3 Å². The van der Waals surface area contributed by atoms with Crippen LogP contribution in [0, 0.1) is 0 Å². The number of ether oxygens (including phenoxy) is 1. The van der Waals surface area contributed by atoms with Crippen LogP contribution in [0.2, 0.25) is 0 Å². The summed E-state index contributed by atoms with van der Waals surface area (Å²) in [6, 6.07) is 0. The molecule has 1 unspecified atom stereocenters. The molecule has 0 rings (SSSR count). The third kappa shape index (κ3) is 3.32. The van der Waals surface area contributed by atoms with Crippen LogP contribution < -0.4 is 5.73 Å². The second-order valence-electron chi connectivity index (χ2n) is 2.58. The Hall–Kier alpha value is -0.640. The molecule has 0 aromatic rings. The molecule has 0 aliphatic carbocycles. The minimum atomic E-state index is -1.18. The van der Waals surface area contributed by atoms with Crippen molar-refractivity contribution in [1.29, 1.82) is 0 Å². The van der Waals surface area contributed by atoms with E-state index in [-0.39, 0.29) is 13.0 Å². The average Bonchev–Trinajstić information content (AvgIpc) is 1.88. The minimum Gasteiger partial charge on any atom is -0.465 e. The molecule has 1 atom stereocenters. The number of halogens is 1. The van der Waals surface area contributed by atoms with Crippen molar-refractivity contribution in [3.63, 3.8) is 0 Å². The summed E-state index contributed by atoms with van der Waals surface area (Å²) in [5, 5.41) is 0. The highest BCUT2D eigenvalue weighted by Gasteiger charge is 2.29. The fraction of sp³-hybridized carbons (Fsp3) is 0.857. The summed E-state index contributed by atoms with van der Waals surface area (Å²) < 4.78 is 16.4. The second kappa shape index (κ2) is 4.28. The van der Waals surface area contributed by atoms with E-state index in [1.165, 1.54) is 6.92 Å². The molecule has 0 aromatic carbocycles. The van der Waals surface area contributed by atoms with Crippen LogP contribution in [0.1, 0.15) is 20.3 Å². The van der Waals surface area contributed by atoms with E-state index in [1.807, 2.05) is 0 Å². The summed E-state index contributed by atoms with van der Waals surface area (Å²) in [5.41, 5.74) is 4.27. The Morgan fingerprint density at radius 3 is 2.64 bits per heavy atom. The first-order valence-corrected chi connectivity index (χ1v) is 3.56. The Labute approximate surface area is 65.7 Å². The maximum absolute atomic E-state index is 11.8. The van der Waals surface area contributed by atoms with E-state index in [9.17, 15) is 9.18 Å². The van der Waals surface area contributed by atoms with Gasteiger partial charge in [0.25, 0.3) is 0 Å². The van der Waals surface area contributed by atoms with Crippen LogP contribution in [0.5, 0.6) is 0 Å². The molecule has 11 heavy (non-hydrogen) atoms. The van der Waals surface area contributed by atoms with Crippen molar-refractivity contribution in [2.45, 2.75) is 25.8 Å². The summed E-state index contributed by atoms with van der Waals surface area (Å²) in [5.74, 6) is -0.544. The number of carbonyl (C=O) groups is 1. The lowest BCUT2D eigenvalue weighted by Crippen LogP contribution is -2.46. The van der Waals surface area contributed by atoms with Crippen LogP contribution in [0.3, 0.4) is 0 Å². The van der Waals surface area contributed by atoms with Crippen LogP contribution in [0.15, 0.2) is 0 Å². The Kier molecular flexibility index (Phi) is 4.03. The van der Waals surface area contributed by atoms with Gasteiger partial charge in [0.1, 0.15) is 5.54 Å². The maximum Gasteiger partial charge on any atom is 0.325 e. The van der Waals surface area contributed by atoms with Crippen molar-refractivity contribution in [2.24, 2.45) is 5.73 Å². The van der Waals surface area contributed by atoms with Gasteiger partial charge in [-0.25, -0.2) is 0 Å². The first kappa shape index (κ1) is 10.4. The minimum absolute atomic E-state index is 0.00579. The van der Waals surface area contributed by atoms with E-state index in [0.29, 0.717) is 0 Å². The predicted molar refractivity (Wildman–Crippen MR) is 39.8 cm³/mol. The van der Waals surface area contributed by atoms with Crippen LogP contribution in [-0.2, 0) is 9.53 Å². The second-order valence-corrected chi connectivity index (χ2v) is 2.58. The average molecular weight is 163 g/mol. The first-order valence-electron chi connectivity index (χ1n) is 3.56. The highest BCUT2D eigenvalue weighted by molar-refractivity contribution is 5.79. The van der Waals surface area contributed by atoms with Crippen LogP contribution >= 0.6 is 0 Å². The molecule has 0 aromatic heterocycles. The molecule has 0 fully saturated rings. The molecule has 0 aliphatic heterocycles. The van der Waals surface area contributed by atoms with Gasteiger partial charge in [0.05, 0.1) is 13.3 Å². The van der Waals surface area contributed by atoms with E-state index in [0.717, 1.165) is 0 Å². The number of carbonyl (C=O) groups excluding carboxylic acids is 1.